The summed E-state index contributed by atoms with van der Waals surface area (Å²) < 4.78 is 5.10. The molecule has 102 valence electrons. The first-order chi connectivity index (χ1) is 9.02. The molecule has 3 N–H and O–H groups in total. The van der Waals surface area contributed by atoms with Crippen molar-refractivity contribution >= 4 is 16.9 Å². The molecule has 1 aromatic heterocycles. The van der Waals surface area contributed by atoms with E-state index in [2.05, 4.69) is 10.5 Å². The van der Waals surface area contributed by atoms with Gasteiger partial charge in [-0.15, -0.1) is 0 Å². The third kappa shape index (κ3) is 3.30. The first-order valence-corrected chi connectivity index (χ1v) is 5.95. The van der Waals surface area contributed by atoms with Crippen LogP contribution in [0.15, 0.2) is 28.8 Å². The number of aliphatic hydroxyl groups is 2. The van der Waals surface area contributed by atoms with E-state index in [-0.39, 0.29) is 18.9 Å². The van der Waals surface area contributed by atoms with E-state index in [1.54, 1.807) is 6.07 Å². The number of nitrogens with one attached hydrogen (secondary N) is 1. The third-order valence-corrected chi connectivity index (χ3v) is 2.79. The largest absolute Gasteiger partial charge is 0.393 e. The Bertz CT molecular complexity index is 577. The normalized spacial score (nSPS) is 14.3. The standard InChI is InChI=1S/C13H16N2O4/c1-13(18,8-16)7-14-12(17)6-10-9-4-2-3-5-11(9)19-15-10/h2-5,16,18H,6-8H2,1H3,(H,14,17). The van der Waals surface area contributed by atoms with E-state index >= 15 is 0 Å². The quantitative estimate of drug-likeness (QED) is 0.718. The molecule has 19 heavy (non-hydrogen) atoms. The number of rotatable bonds is 5. The predicted molar refractivity (Wildman–Crippen MR) is 68.4 cm³/mol. The number of aliphatic hydroxyl groups excluding tert-OH is 1. The van der Waals surface area contributed by atoms with Crippen LogP contribution in [0.1, 0.15) is 12.6 Å². The van der Waals surface area contributed by atoms with Crippen molar-refractivity contribution < 1.29 is 19.5 Å². The lowest BCUT2D eigenvalue weighted by Gasteiger charge is -2.20. The first kappa shape index (κ1) is 13.5. The van der Waals surface area contributed by atoms with Crippen LogP contribution in [0.2, 0.25) is 0 Å². The molecular formula is C13H16N2O4. The van der Waals surface area contributed by atoms with Gasteiger partial charge in [0.25, 0.3) is 0 Å². The molecule has 0 fully saturated rings. The zero-order valence-corrected chi connectivity index (χ0v) is 10.6. The van der Waals surface area contributed by atoms with Gasteiger partial charge in [0, 0.05) is 11.9 Å². The van der Waals surface area contributed by atoms with Gasteiger partial charge in [-0.05, 0) is 19.1 Å². The fourth-order valence-electron chi connectivity index (χ4n) is 1.63. The summed E-state index contributed by atoms with van der Waals surface area (Å²) in [6.45, 7) is 1.01. The van der Waals surface area contributed by atoms with Crippen LogP contribution in [0.25, 0.3) is 11.0 Å². The Hall–Kier alpha value is -1.92. The highest BCUT2D eigenvalue weighted by molar-refractivity contribution is 5.86. The third-order valence-electron chi connectivity index (χ3n) is 2.79. The Kier molecular flexibility index (Phi) is 3.82. The summed E-state index contributed by atoms with van der Waals surface area (Å²) in [7, 11) is 0. The molecule has 1 unspecified atom stereocenters. The number of amides is 1. The number of carbonyl (C=O) groups is 1. The molecule has 2 aromatic rings. The van der Waals surface area contributed by atoms with E-state index in [0.29, 0.717) is 11.3 Å². The number of hydrogen-bond donors (Lipinski definition) is 3. The SMILES string of the molecule is CC(O)(CO)CNC(=O)Cc1noc2ccccc12. The number of nitrogens with zero attached hydrogens (tertiary/aromatic N) is 1. The van der Waals surface area contributed by atoms with Crippen LogP contribution >= 0.6 is 0 Å². The van der Waals surface area contributed by atoms with E-state index < -0.39 is 12.2 Å². The van der Waals surface area contributed by atoms with Crippen molar-refractivity contribution in [3.63, 3.8) is 0 Å². The number of fused-ring (bicyclic) bond motifs is 1. The number of para-hydroxylation sites is 1. The Morgan fingerprint density at radius 3 is 2.95 bits per heavy atom. The van der Waals surface area contributed by atoms with Crippen LogP contribution in [0, 0.1) is 0 Å². The van der Waals surface area contributed by atoms with Crippen LogP contribution in [0.3, 0.4) is 0 Å². The van der Waals surface area contributed by atoms with Gasteiger partial charge < -0.3 is 20.1 Å². The van der Waals surface area contributed by atoms with E-state index in [0.717, 1.165) is 5.39 Å². The van der Waals surface area contributed by atoms with E-state index in [4.69, 9.17) is 9.63 Å². The summed E-state index contributed by atoms with van der Waals surface area (Å²) in [5, 5.41) is 25.6. The van der Waals surface area contributed by atoms with Crippen molar-refractivity contribution in [2.24, 2.45) is 0 Å². The van der Waals surface area contributed by atoms with Gasteiger partial charge in [0.1, 0.15) is 11.3 Å². The van der Waals surface area contributed by atoms with Crippen molar-refractivity contribution in [1.82, 2.24) is 10.5 Å². The van der Waals surface area contributed by atoms with Gasteiger partial charge in [-0.3, -0.25) is 4.79 Å². The van der Waals surface area contributed by atoms with Gasteiger partial charge in [-0.1, -0.05) is 17.3 Å². The molecule has 0 aliphatic rings. The Morgan fingerprint density at radius 2 is 2.21 bits per heavy atom. The zero-order chi connectivity index (χ0) is 13.9. The Morgan fingerprint density at radius 1 is 1.47 bits per heavy atom. The Balaban J connectivity index is 1.99. The van der Waals surface area contributed by atoms with Gasteiger partial charge in [0.05, 0.1) is 13.0 Å². The summed E-state index contributed by atoms with van der Waals surface area (Å²) in [5.74, 6) is -0.284. The maximum atomic E-state index is 11.7. The summed E-state index contributed by atoms with van der Waals surface area (Å²) in [6, 6.07) is 7.28. The van der Waals surface area contributed by atoms with Crippen LogP contribution in [0.5, 0.6) is 0 Å². The highest BCUT2D eigenvalue weighted by atomic mass is 16.5. The Labute approximate surface area is 110 Å². The molecule has 0 aliphatic heterocycles. The number of hydrogen-bond acceptors (Lipinski definition) is 5. The van der Waals surface area contributed by atoms with Crippen molar-refractivity contribution in [3.05, 3.63) is 30.0 Å². The van der Waals surface area contributed by atoms with Gasteiger partial charge in [0.15, 0.2) is 5.58 Å². The molecule has 1 atom stereocenters. The van der Waals surface area contributed by atoms with Crippen molar-refractivity contribution in [3.8, 4) is 0 Å². The summed E-state index contributed by atoms with van der Waals surface area (Å²) in [4.78, 5) is 11.7. The highest BCUT2D eigenvalue weighted by Gasteiger charge is 2.20. The van der Waals surface area contributed by atoms with Gasteiger partial charge >= 0.3 is 0 Å². The van der Waals surface area contributed by atoms with Gasteiger partial charge in [0.2, 0.25) is 5.91 Å². The molecule has 0 saturated carbocycles. The molecule has 1 aromatic carbocycles. The molecule has 0 radical (unpaired) electrons. The molecular weight excluding hydrogens is 248 g/mol. The van der Waals surface area contributed by atoms with Gasteiger partial charge in [-0.2, -0.15) is 0 Å². The lowest BCUT2D eigenvalue weighted by molar-refractivity contribution is -0.122. The average molecular weight is 264 g/mol. The minimum Gasteiger partial charge on any atom is -0.393 e. The maximum Gasteiger partial charge on any atom is 0.226 e. The average Bonchev–Trinajstić information content (AvgIpc) is 2.80. The molecule has 0 saturated heterocycles. The van der Waals surface area contributed by atoms with Crippen molar-refractivity contribution in [2.45, 2.75) is 18.9 Å². The van der Waals surface area contributed by atoms with Crippen LogP contribution < -0.4 is 5.32 Å². The molecule has 6 nitrogen and oxygen atoms in total. The predicted octanol–water partition coefficient (Wildman–Crippen LogP) is 0.230. The lowest BCUT2D eigenvalue weighted by Crippen LogP contribution is -2.43. The van der Waals surface area contributed by atoms with Crippen LogP contribution in [-0.4, -0.2) is 40.0 Å². The van der Waals surface area contributed by atoms with Crippen molar-refractivity contribution in [2.75, 3.05) is 13.2 Å². The fraction of sp³-hybridized carbons (Fsp3) is 0.385. The first-order valence-electron chi connectivity index (χ1n) is 5.95. The summed E-state index contributed by atoms with van der Waals surface area (Å²) in [6.07, 6.45) is 0.0680. The molecule has 1 amide bonds. The molecule has 6 heteroatoms. The second-order valence-corrected chi connectivity index (χ2v) is 4.73. The molecule has 0 aliphatic carbocycles. The molecule has 2 rings (SSSR count). The molecule has 0 bridgehead atoms. The fourth-order valence-corrected chi connectivity index (χ4v) is 1.63. The number of carbonyl (C=O) groups excluding carboxylic acids is 1. The topological polar surface area (TPSA) is 95.6 Å². The molecule has 0 spiro atoms. The number of benzene rings is 1. The summed E-state index contributed by atoms with van der Waals surface area (Å²) >= 11 is 0. The minimum absolute atomic E-state index is 0.0158. The maximum absolute atomic E-state index is 11.7. The van der Waals surface area contributed by atoms with Gasteiger partial charge in [-0.25, -0.2) is 0 Å². The number of aromatic nitrogens is 1. The highest BCUT2D eigenvalue weighted by Crippen LogP contribution is 2.17. The lowest BCUT2D eigenvalue weighted by atomic mass is 10.1. The van der Waals surface area contributed by atoms with Crippen LogP contribution in [-0.2, 0) is 11.2 Å². The van der Waals surface area contributed by atoms with E-state index in [1.807, 2.05) is 18.2 Å². The second-order valence-electron chi connectivity index (χ2n) is 4.73. The van der Waals surface area contributed by atoms with E-state index in [1.165, 1.54) is 6.92 Å². The molecule has 1 heterocycles. The minimum atomic E-state index is -1.32. The second kappa shape index (κ2) is 5.38. The zero-order valence-electron chi connectivity index (χ0n) is 10.6. The van der Waals surface area contributed by atoms with Crippen molar-refractivity contribution in [1.29, 1.82) is 0 Å². The summed E-state index contributed by atoms with van der Waals surface area (Å²) in [5.41, 5.74) is -0.133. The van der Waals surface area contributed by atoms with E-state index in [9.17, 15) is 9.90 Å². The monoisotopic (exact) mass is 264 g/mol. The smallest absolute Gasteiger partial charge is 0.226 e. The van der Waals surface area contributed by atoms with Crippen LogP contribution in [0.4, 0.5) is 0 Å².